The van der Waals surface area contributed by atoms with Gasteiger partial charge in [-0.15, -0.1) is 0 Å². The van der Waals surface area contributed by atoms with E-state index >= 15 is 0 Å². The molecule has 16 heavy (non-hydrogen) atoms. The lowest BCUT2D eigenvalue weighted by molar-refractivity contribution is -0.146. The number of ether oxygens (including phenoxy) is 1. The molecular weight excluding hydrogens is 228 g/mol. The zero-order chi connectivity index (χ0) is 12.0. The van der Waals surface area contributed by atoms with Crippen molar-refractivity contribution >= 4 is 16.8 Å². The minimum absolute atomic E-state index is 0.211. The Morgan fingerprint density at radius 2 is 2.12 bits per heavy atom. The van der Waals surface area contributed by atoms with Gasteiger partial charge in [-0.1, -0.05) is 0 Å². The number of rotatable bonds is 5. The van der Waals surface area contributed by atoms with Crippen LogP contribution in [0.4, 0.5) is 0 Å². The summed E-state index contributed by atoms with van der Waals surface area (Å²) in [7, 11) is 1.08. The van der Waals surface area contributed by atoms with Crippen LogP contribution in [0.3, 0.4) is 0 Å². The summed E-state index contributed by atoms with van der Waals surface area (Å²) in [5.41, 5.74) is 0. The highest BCUT2D eigenvalue weighted by atomic mass is 32.2. The van der Waals surface area contributed by atoms with Crippen LogP contribution < -0.4 is 5.32 Å². The Morgan fingerprint density at radius 3 is 2.62 bits per heavy atom. The molecular formula is C10H20N2O3S. The molecule has 1 heterocycles. The van der Waals surface area contributed by atoms with Crippen LogP contribution in [0.1, 0.15) is 6.92 Å². The lowest BCUT2D eigenvalue weighted by Gasteiger charge is -2.28. The zero-order valence-corrected chi connectivity index (χ0v) is 10.7. The highest BCUT2D eigenvalue weighted by molar-refractivity contribution is 7.85. The summed E-state index contributed by atoms with van der Waals surface area (Å²) in [4.78, 5) is 13.7. The van der Waals surface area contributed by atoms with E-state index in [9.17, 15) is 9.00 Å². The second kappa shape index (κ2) is 6.98. The van der Waals surface area contributed by atoms with Gasteiger partial charge in [-0.05, 0) is 14.0 Å². The Labute approximate surface area is 99.0 Å². The van der Waals surface area contributed by atoms with Gasteiger partial charge in [0.15, 0.2) is 0 Å². The predicted molar refractivity (Wildman–Crippen MR) is 63.8 cm³/mol. The quantitative estimate of drug-likeness (QED) is 0.646. The number of likely N-dealkylation sites (N-methyl/N-ethyl adjacent to an activating group) is 1. The van der Waals surface area contributed by atoms with E-state index in [1.807, 2.05) is 0 Å². The van der Waals surface area contributed by atoms with Crippen molar-refractivity contribution in [2.75, 3.05) is 44.8 Å². The monoisotopic (exact) mass is 248 g/mol. The first kappa shape index (κ1) is 13.6. The number of nitrogens with zero attached hydrogens (tertiary/aromatic N) is 1. The SMILES string of the molecule is CCOC(=O)C(CN1CCS(=O)CC1)NC. The van der Waals surface area contributed by atoms with Crippen molar-refractivity contribution < 1.29 is 13.7 Å². The van der Waals surface area contributed by atoms with E-state index < -0.39 is 10.8 Å². The van der Waals surface area contributed by atoms with Crippen molar-refractivity contribution in [3.63, 3.8) is 0 Å². The van der Waals surface area contributed by atoms with Crippen molar-refractivity contribution in [2.24, 2.45) is 0 Å². The number of hydrogen-bond acceptors (Lipinski definition) is 5. The summed E-state index contributed by atoms with van der Waals surface area (Å²) in [6.45, 7) is 4.43. The van der Waals surface area contributed by atoms with Crippen LogP contribution in [-0.4, -0.2) is 65.9 Å². The zero-order valence-electron chi connectivity index (χ0n) is 9.90. The first-order valence-corrected chi connectivity index (χ1v) is 7.07. The molecule has 1 atom stereocenters. The molecule has 1 rings (SSSR count). The van der Waals surface area contributed by atoms with Gasteiger partial charge < -0.3 is 10.1 Å². The van der Waals surface area contributed by atoms with Crippen LogP contribution in [0.15, 0.2) is 0 Å². The fourth-order valence-electron chi connectivity index (χ4n) is 1.64. The lowest BCUT2D eigenvalue weighted by atomic mass is 10.2. The molecule has 0 bridgehead atoms. The molecule has 94 valence electrons. The summed E-state index contributed by atoms with van der Waals surface area (Å²) < 4.78 is 16.1. The Bertz CT molecular complexity index is 250. The Kier molecular flexibility index (Phi) is 5.94. The fraction of sp³-hybridized carbons (Fsp3) is 0.900. The highest BCUT2D eigenvalue weighted by Gasteiger charge is 2.23. The van der Waals surface area contributed by atoms with E-state index in [-0.39, 0.29) is 12.0 Å². The smallest absolute Gasteiger partial charge is 0.324 e. The van der Waals surface area contributed by atoms with Crippen LogP contribution in [0.25, 0.3) is 0 Å². The van der Waals surface area contributed by atoms with Gasteiger partial charge in [0.25, 0.3) is 0 Å². The van der Waals surface area contributed by atoms with Crippen LogP contribution in [0, 0.1) is 0 Å². The molecule has 0 aromatic carbocycles. The third-order valence-electron chi connectivity index (χ3n) is 2.63. The Hall–Kier alpha value is -0.460. The Balaban J connectivity index is 2.38. The standard InChI is InChI=1S/C10H20N2O3S/c1-3-15-10(13)9(11-2)8-12-4-6-16(14)7-5-12/h9,11H,3-8H2,1-2H3. The van der Waals surface area contributed by atoms with Gasteiger partial charge in [0.1, 0.15) is 6.04 Å². The van der Waals surface area contributed by atoms with Gasteiger partial charge >= 0.3 is 5.97 Å². The molecule has 0 aliphatic carbocycles. The van der Waals surface area contributed by atoms with Crippen LogP contribution in [0.5, 0.6) is 0 Å². The molecule has 1 aliphatic rings. The van der Waals surface area contributed by atoms with E-state index in [1.54, 1.807) is 14.0 Å². The molecule has 0 radical (unpaired) electrons. The predicted octanol–water partition coefficient (Wildman–Crippen LogP) is -0.798. The number of carbonyl (C=O) groups is 1. The van der Waals surface area contributed by atoms with E-state index in [4.69, 9.17) is 4.74 Å². The van der Waals surface area contributed by atoms with Gasteiger partial charge in [-0.2, -0.15) is 0 Å². The maximum absolute atomic E-state index is 11.5. The minimum Gasteiger partial charge on any atom is -0.465 e. The third-order valence-corrected chi connectivity index (χ3v) is 3.91. The third kappa shape index (κ3) is 4.19. The average molecular weight is 248 g/mol. The summed E-state index contributed by atoms with van der Waals surface area (Å²) in [6.07, 6.45) is 0. The summed E-state index contributed by atoms with van der Waals surface area (Å²) >= 11 is 0. The molecule has 0 spiro atoms. The average Bonchev–Trinajstić information content (AvgIpc) is 2.28. The largest absolute Gasteiger partial charge is 0.465 e. The molecule has 0 aromatic rings. The fourth-order valence-corrected chi connectivity index (χ4v) is 2.77. The second-order valence-electron chi connectivity index (χ2n) is 3.74. The number of nitrogens with one attached hydrogen (secondary N) is 1. The summed E-state index contributed by atoms with van der Waals surface area (Å²) in [5.74, 6) is 1.20. The van der Waals surface area contributed by atoms with E-state index in [1.165, 1.54) is 0 Å². The molecule has 1 unspecified atom stereocenters. The minimum atomic E-state index is -0.670. The topological polar surface area (TPSA) is 58.6 Å². The molecule has 0 aromatic heterocycles. The molecule has 6 heteroatoms. The van der Waals surface area contributed by atoms with Gasteiger partial charge in [-0.25, -0.2) is 0 Å². The highest BCUT2D eigenvalue weighted by Crippen LogP contribution is 2.02. The van der Waals surface area contributed by atoms with Gasteiger partial charge in [0.2, 0.25) is 0 Å². The first-order valence-electron chi connectivity index (χ1n) is 5.58. The second-order valence-corrected chi connectivity index (χ2v) is 5.44. The van der Waals surface area contributed by atoms with Gasteiger partial charge in [-0.3, -0.25) is 13.9 Å². The van der Waals surface area contributed by atoms with Crippen molar-refractivity contribution in [2.45, 2.75) is 13.0 Å². The maximum atomic E-state index is 11.5. The number of esters is 1. The molecule has 0 saturated carbocycles. The summed E-state index contributed by atoms with van der Waals surface area (Å²) in [6, 6.07) is -0.286. The number of hydrogen-bond donors (Lipinski definition) is 1. The summed E-state index contributed by atoms with van der Waals surface area (Å²) in [5, 5.41) is 2.95. The lowest BCUT2D eigenvalue weighted by Crippen LogP contribution is -2.49. The number of carbonyl (C=O) groups excluding carboxylic acids is 1. The van der Waals surface area contributed by atoms with Crippen LogP contribution in [-0.2, 0) is 20.3 Å². The normalized spacial score (nSPS) is 20.6. The van der Waals surface area contributed by atoms with Crippen LogP contribution in [0.2, 0.25) is 0 Å². The van der Waals surface area contributed by atoms with Gasteiger partial charge in [0.05, 0.1) is 6.61 Å². The van der Waals surface area contributed by atoms with E-state index in [0.29, 0.717) is 24.7 Å². The van der Waals surface area contributed by atoms with Gasteiger partial charge in [0, 0.05) is 41.9 Å². The van der Waals surface area contributed by atoms with Crippen molar-refractivity contribution in [3.8, 4) is 0 Å². The molecule has 0 amide bonds. The maximum Gasteiger partial charge on any atom is 0.324 e. The Morgan fingerprint density at radius 1 is 1.50 bits per heavy atom. The molecule has 1 saturated heterocycles. The molecule has 1 fully saturated rings. The first-order chi connectivity index (χ1) is 7.67. The van der Waals surface area contributed by atoms with Crippen LogP contribution >= 0.6 is 0 Å². The molecule has 5 nitrogen and oxygen atoms in total. The van der Waals surface area contributed by atoms with E-state index in [2.05, 4.69) is 10.2 Å². The molecule has 1 N–H and O–H groups in total. The van der Waals surface area contributed by atoms with Crippen molar-refractivity contribution in [1.82, 2.24) is 10.2 Å². The van der Waals surface area contributed by atoms with Crippen molar-refractivity contribution in [3.05, 3.63) is 0 Å². The molecule has 1 aliphatic heterocycles. The van der Waals surface area contributed by atoms with Crippen molar-refractivity contribution in [1.29, 1.82) is 0 Å². The van der Waals surface area contributed by atoms with E-state index in [0.717, 1.165) is 13.1 Å².